The lowest BCUT2D eigenvalue weighted by Gasteiger charge is -2.18. The van der Waals surface area contributed by atoms with Gasteiger partial charge in [0.1, 0.15) is 5.75 Å². The van der Waals surface area contributed by atoms with Crippen LogP contribution in [-0.4, -0.2) is 22.0 Å². The lowest BCUT2D eigenvalue weighted by molar-refractivity contribution is 0.0696. The molecule has 0 fully saturated rings. The smallest absolute Gasteiger partial charge is 0.336 e. The molecule has 5 nitrogen and oxygen atoms in total. The number of rotatable bonds is 9. The molecule has 7 heteroatoms. The Bertz CT molecular complexity index is 1310. The molecule has 0 aliphatic heterocycles. The molecule has 0 aromatic heterocycles. The molecule has 3 N–H and O–H groups in total. The van der Waals surface area contributed by atoms with Gasteiger partial charge in [0.25, 0.3) is 0 Å². The molecule has 0 spiro atoms. The Labute approximate surface area is 208 Å². The van der Waals surface area contributed by atoms with Crippen molar-refractivity contribution in [1.82, 2.24) is 0 Å². The molecule has 3 aromatic carbocycles. The Morgan fingerprint density at radius 1 is 1.03 bits per heavy atom. The van der Waals surface area contributed by atoms with Crippen LogP contribution in [0.2, 0.25) is 10.0 Å². The number of halogens is 2. The fourth-order valence-electron chi connectivity index (χ4n) is 3.57. The number of carboxylic acids is 1. The van der Waals surface area contributed by atoms with Crippen LogP contribution in [0.25, 0.3) is 22.9 Å². The van der Waals surface area contributed by atoms with Gasteiger partial charge in [0.05, 0.1) is 5.56 Å². The molecule has 0 aliphatic rings. The van der Waals surface area contributed by atoms with Crippen molar-refractivity contribution in [2.75, 3.05) is 5.32 Å². The first-order valence-corrected chi connectivity index (χ1v) is 11.2. The van der Waals surface area contributed by atoms with Crippen LogP contribution in [0, 0.1) is 0 Å². The largest absolute Gasteiger partial charge is 0.507 e. The number of benzene rings is 3. The van der Waals surface area contributed by atoms with Gasteiger partial charge < -0.3 is 15.5 Å². The number of carbonyl (C=O) groups is 2. The first-order chi connectivity index (χ1) is 16.2. The van der Waals surface area contributed by atoms with E-state index in [4.69, 9.17) is 23.2 Å². The van der Waals surface area contributed by atoms with E-state index in [1.54, 1.807) is 36.4 Å². The summed E-state index contributed by atoms with van der Waals surface area (Å²) in [6.07, 6.45) is 2.38. The summed E-state index contributed by atoms with van der Waals surface area (Å²) in [5.74, 6) is -1.40. The van der Waals surface area contributed by atoms with Gasteiger partial charge in [0, 0.05) is 50.1 Å². The zero-order chi connectivity index (χ0) is 25.0. The molecule has 0 saturated carbocycles. The van der Waals surface area contributed by atoms with Gasteiger partial charge >= 0.3 is 5.97 Å². The van der Waals surface area contributed by atoms with E-state index in [1.165, 1.54) is 18.2 Å². The summed E-state index contributed by atoms with van der Waals surface area (Å²) in [7, 11) is 0. The second-order valence-corrected chi connectivity index (χ2v) is 8.47. The number of aromatic hydroxyl groups is 1. The van der Waals surface area contributed by atoms with E-state index in [1.807, 2.05) is 6.92 Å². The first kappa shape index (κ1) is 25.1. The molecule has 0 atom stereocenters. The second kappa shape index (κ2) is 10.6. The molecule has 0 heterocycles. The summed E-state index contributed by atoms with van der Waals surface area (Å²) in [5, 5.41) is 24.0. The number of Topliss-reactive ketones (excluding diaryl/α,β-unsaturated/α-hetero) is 1. The fraction of sp³-hybridized carbons (Fsp3) is 0.111. The standard InChI is InChI=1S/C27H23Cl2NO4/c1-4-6-25(31)20-9-7-17(19-10-8-18(28)13-23(19)29)12-24(20)30-15(3)21-14-26(32)16(5-2)11-22(21)27(33)34/h5,7-14,30,32H,2-4,6H2,1H3,(H,33,34). The third kappa shape index (κ3) is 5.33. The van der Waals surface area contributed by atoms with E-state index in [0.29, 0.717) is 39.7 Å². The zero-order valence-electron chi connectivity index (χ0n) is 18.5. The number of phenolic OH excluding ortho intramolecular Hbond substituents is 1. The van der Waals surface area contributed by atoms with Gasteiger partial charge in [-0.05, 0) is 48.4 Å². The van der Waals surface area contributed by atoms with E-state index in [-0.39, 0.29) is 33.9 Å². The van der Waals surface area contributed by atoms with E-state index < -0.39 is 5.97 Å². The molecule has 0 aliphatic carbocycles. The van der Waals surface area contributed by atoms with Crippen molar-refractivity contribution < 1.29 is 19.8 Å². The topological polar surface area (TPSA) is 86.6 Å². The molecule has 0 radical (unpaired) electrons. The molecular weight excluding hydrogens is 473 g/mol. The van der Waals surface area contributed by atoms with Crippen molar-refractivity contribution in [2.24, 2.45) is 0 Å². The van der Waals surface area contributed by atoms with Crippen molar-refractivity contribution in [3.05, 3.63) is 94.0 Å². The van der Waals surface area contributed by atoms with Crippen LogP contribution < -0.4 is 5.32 Å². The lowest BCUT2D eigenvalue weighted by atomic mass is 9.97. The molecule has 174 valence electrons. The van der Waals surface area contributed by atoms with Crippen LogP contribution >= 0.6 is 23.2 Å². The number of carbonyl (C=O) groups excluding carboxylic acids is 1. The molecule has 0 saturated heterocycles. The maximum absolute atomic E-state index is 12.8. The number of hydrogen-bond acceptors (Lipinski definition) is 4. The number of anilines is 1. The minimum Gasteiger partial charge on any atom is -0.507 e. The molecule has 34 heavy (non-hydrogen) atoms. The highest BCUT2D eigenvalue weighted by Crippen LogP contribution is 2.35. The molecule has 0 unspecified atom stereocenters. The van der Waals surface area contributed by atoms with E-state index in [0.717, 1.165) is 5.56 Å². The molecule has 3 aromatic rings. The van der Waals surface area contributed by atoms with Crippen LogP contribution in [0.4, 0.5) is 5.69 Å². The van der Waals surface area contributed by atoms with Crippen LogP contribution in [-0.2, 0) is 0 Å². The maximum Gasteiger partial charge on any atom is 0.336 e. The number of aromatic carboxylic acids is 1. The number of nitrogens with one attached hydrogen (secondary N) is 1. The lowest BCUT2D eigenvalue weighted by Crippen LogP contribution is -2.09. The monoisotopic (exact) mass is 495 g/mol. The van der Waals surface area contributed by atoms with Gasteiger partial charge in [0.15, 0.2) is 5.78 Å². The predicted molar refractivity (Wildman–Crippen MR) is 139 cm³/mol. The van der Waals surface area contributed by atoms with E-state index in [9.17, 15) is 19.8 Å². The zero-order valence-corrected chi connectivity index (χ0v) is 20.0. The Morgan fingerprint density at radius 2 is 1.76 bits per heavy atom. The first-order valence-electron chi connectivity index (χ1n) is 10.5. The van der Waals surface area contributed by atoms with Gasteiger partial charge in [0.2, 0.25) is 0 Å². The average molecular weight is 496 g/mol. The Hall–Kier alpha value is -3.54. The molecule has 3 rings (SSSR count). The fourth-order valence-corrected chi connectivity index (χ4v) is 4.09. The number of phenols is 1. The summed E-state index contributed by atoms with van der Waals surface area (Å²) in [4.78, 5) is 24.7. The highest BCUT2D eigenvalue weighted by molar-refractivity contribution is 6.36. The van der Waals surface area contributed by atoms with Crippen LogP contribution in [0.15, 0.2) is 61.7 Å². The predicted octanol–water partition coefficient (Wildman–Crippen LogP) is 7.77. The summed E-state index contributed by atoms with van der Waals surface area (Å²) >= 11 is 12.4. The summed E-state index contributed by atoms with van der Waals surface area (Å²) in [6.45, 7) is 9.47. The van der Waals surface area contributed by atoms with Crippen molar-refractivity contribution in [3.63, 3.8) is 0 Å². The number of carboxylic acid groups (broad SMARTS) is 1. The maximum atomic E-state index is 12.8. The van der Waals surface area contributed by atoms with Gasteiger partial charge in [-0.3, -0.25) is 4.79 Å². The van der Waals surface area contributed by atoms with Gasteiger partial charge in [-0.15, -0.1) is 0 Å². The van der Waals surface area contributed by atoms with Crippen LogP contribution in [0.5, 0.6) is 5.75 Å². The highest BCUT2D eigenvalue weighted by Gasteiger charge is 2.19. The van der Waals surface area contributed by atoms with E-state index in [2.05, 4.69) is 18.5 Å². The van der Waals surface area contributed by atoms with Crippen molar-refractivity contribution in [1.29, 1.82) is 0 Å². The van der Waals surface area contributed by atoms with Crippen molar-refractivity contribution in [2.45, 2.75) is 19.8 Å². The third-order valence-electron chi connectivity index (χ3n) is 5.27. The third-order valence-corrected chi connectivity index (χ3v) is 5.81. The van der Waals surface area contributed by atoms with Crippen molar-refractivity contribution >= 4 is 52.4 Å². The van der Waals surface area contributed by atoms with Crippen LogP contribution in [0.3, 0.4) is 0 Å². The molecular formula is C27H23Cl2NO4. The number of hydrogen-bond donors (Lipinski definition) is 3. The summed E-state index contributed by atoms with van der Waals surface area (Å²) in [6, 6.07) is 13.0. The summed E-state index contributed by atoms with van der Waals surface area (Å²) in [5.41, 5.74) is 2.92. The minimum absolute atomic E-state index is 0.0662. The van der Waals surface area contributed by atoms with Crippen molar-refractivity contribution in [3.8, 4) is 16.9 Å². The Morgan fingerprint density at radius 3 is 2.38 bits per heavy atom. The Balaban J connectivity index is 2.11. The Kier molecular flexibility index (Phi) is 7.82. The normalized spacial score (nSPS) is 10.6. The number of ketones is 1. The van der Waals surface area contributed by atoms with Gasteiger partial charge in [-0.1, -0.05) is 61.5 Å². The van der Waals surface area contributed by atoms with E-state index >= 15 is 0 Å². The quantitative estimate of drug-likeness (QED) is 0.264. The SMILES string of the molecule is C=Cc1cc(C(=O)O)c(C(=C)Nc2cc(-c3ccc(Cl)cc3Cl)ccc2C(=O)CCC)cc1O. The van der Waals surface area contributed by atoms with Crippen LogP contribution in [0.1, 0.15) is 51.6 Å². The van der Waals surface area contributed by atoms with Gasteiger partial charge in [-0.25, -0.2) is 4.79 Å². The molecule has 0 bridgehead atoms. The minimum atomic E-state index is -1.19. The average Bonchev–Trinajstić information content (AvgIpc) is 2.78. The highest BCUT2D eigenvalue weighted by atomic mass is 35.5. The second-order valence-electron chi connectivity index (χ2n) is 7.63. The summed E-state index contributed by atoms with van der Waals surface area (Å²) < 4.78 is 0. The molecule has 0 amide bonds. The van der Waals surface area contributed by atoms with Gasteiger partial charge in [-0.2, -0.15) is 0 Å².